The van der Waals surface area contributed by atoms with E-state index < -0.39 is 16.6 Å². The Morgan fingerprint density at radius 2 is 1.94 bits per heavy atom. The molecule has 0 bridgehead atoms. The molecule has 0 aromatic heterocycles. The van der Waals surface area contributed by atoms with Crippen molar-refractivity contribution >= 4 is 5.69 Å². The molecule has 2 rings (SSSR count). The van der Waals surface area contributed by atoms with Crippen LogP contribution in [-0.2, 0) is 6.42 Å². The molecule has 1 aromatic carbocycles. The summed E-state index contributed by atoms with van der Waals surface area (Å²) in [4.78, 5) is 10.0. The third-order valence-corrected chi connectivity index (χ3v) is 3.10. The van der Waals surface area contributed by atoms with Gasteiger partial charge in [-0.1, -0.05) is 0 Å². The Morgan fingerprint density at radius 1 is 1.35 bits per heavy atom. The van der Waals surface area contributed by atoms with Gasteiger partial charge in [-0.3, -0.25) is 10.1 Å². The molecule has 1 aliphatic rings. The van der Waals surface area contributed by atoms with Gasteiger partial charge in [0.05, 0.1) is 11.0 Å². The smallest absolute Gasteiger partial charge is 0.275 e. The highest BCUT2D eigenvalue weighted by Crippen LogP contribution is 2.37. The maximum absolute atomic E-state index is 13.0. The first-order valence-electron chi connectivity index (χ1n) is 5.32. The molecule has 6 heteroatoms. The zero-order valence-electron chi connectivity index (χ0n) is 9.08. The molecule has 4 nitrogen and oxygen atoms in total. The van der Waals surface area contributed by atoms with Crippen molar-refractivity contribution in [2.24, 2.45) is 5.73 Å². The lowest BCUT2D eigenvalue weighted by atomic mass is 10.0. The number of hydrogen-bond acceptors (Lipinski definition) is 3. The van der Waals surface area contributed by atoms with E-state index in [1.807, 2.05) is 0 Å². The molecule has 1 aliphatic carbocycles. The molecule has 17 heavy (non-hydrogen) atoms. The summed E-state index contributed by atoms with van der Waals surface area (Å²) in [6.45, 7) is 0. The first kappa shape index (κ1) is 11.9. The van der Waals surface area contributed by atoms with Gasteiger partial charge in [-0.25, -0.2) is 8.78 Å². The van der Waals surface area contributed by atoms with Crippen LogP contribution in [0.25, 0.3) is 0 Å². The molecule has 0 saturated heterocycles. The number of nitro groups is 1. The lowest BCUT2D eigenvalue weighted by Gasteiger charge is -2.08. The average Bonchev–Trinajstić information content (AvgIpc) is 2.98. The van der Waals surface area contributed by atoms with Gasteiger partial charge in [0.15, 0.2) is 11.6 Å². The second-order valence-corrected chi connectivity index (χ2v) is 4.51. The minimum absolute atomic E-state index is 0.200. The Labute approximate surface area is 96.6 Å². The fourth-order valence-corrected chi connectivity index (χ4v) is 1.74. The lowest BCUT2D eigenvalue weighted by molar-refractivity contribution is -0.385. The normalized spacial score (nSPS) is 16.9. The second kappa shape index (κ2) is 4.03. The van der Waals surface area contributed by atoms with E-state index in [4.69, 9.17) is 5.73 Å². The van der Waals surface area contributed by atoms with E-state index in [9.17, 15) is 18.9 Å². The summed E-state index contributed by atoms with van der Waals surface area (Å²) >= 11 is 0. The molecule has 1 aromatic rings. The first-order valence-corrected chi connectivity index (χ1v) is 5.32. The van der Waals surface area contributed by atoms with Crippen LogP contribution in [0.2, 0.25) is 0 Å². The standard InChI is InChI=1S/C11H12F2N2O2/c12-8-5-7(1-2-11(14)3-4-11)10(15(16)17)6-9(8)13/h5-6H,1-4,14H2. The minimum atomic E-state index is -1.20. The largest absolute Gasteiger partial charge is 0.325 e. The maximum atomic E-state index is 13.0. The van der Waals surface area contributed by atoms with Crippen LogP contribution in [0, 0.1) is 21.7 Å². The zero-order valence-corrected chi connectivity index (χ0v) is 9.08. The van der Waals surface area contributed by atoms with Crippen LogP contribution < -0.4 is 5.73 Å². The summed E-state index contributed by atoms with van der Waals surface area (Å²) in [7, 11) is 0. The van der Waals surface area contributed by atoms with E-state index >= 15 is 0 Å². The number of benzene rings is 1. The summed E-state index contributed by atoms with van der Waals surface area (Å²) in [5, 5.41) is 10.7. The number of nitrogens with two attached hydrogens (primary N) is 1. The molecule has 0 radical (unpaired) electrons. The lowest BCUT2D eigenvalue weighted by Crippen LogP contribution is -2.22. The highest BCUT2D eigenvalue weighted by atomic mass is 19.2. The number of aryl methyl sites for hydroxylation is 1. The topological polar surface area (TPSA) is 69.2 Å². The predicted molar refractivity (Wildman–Crippen MR) is 57.5 cm³/mol. The number of nitro benzene ring substituents is 1. The van der Waals surface area contributed by atoms with E-state index in [-0.39, 0.29) is 16.8 Å². The van der Waals surface area contributed by atoms with Crippen LogP contribution in [0.4, 0.5) is 14.5 Å². The van der Waals surface area contributed by atoms with E-state index in [0.717, 1.165) is 18.9 Å². The summed E-state index contributed by atoms with van der Waals surface area (Å²) in [6, 6.07) is 1.51. The highest BCUT2D eigenvalue weighted by molar-refractivity contribution is 5.41. The van der Waals surface area contributed by atoms with Crippen molar-refractivity contribution < 1.29 is 13.7 Å². The Hall–Kier alpha value is -1.56. The Bertz CT molecular complexity index is 473. The minimum Gasteiger partial charge on any atom is -0.325 e. The van der Waals surface area contributed by atoms with Gasteiger partial charge in [-0.15, -0.1) is 0 Å². The van der Waals surface area contributed by atoms with Gasteiger partial charge in [0.25, 0.3) is 5.69 Å². The van der Waals surface area contributed by atoms with Gasteiger partial charge >= 0.3 is 0 Å². The van der Waals surface area contributed by atoms with Crippen molar-refractivity contribution in [3.63, 3.8) is 0 Å². The predicted octanol–water partition coefficient (Wildman–Crippen LogP) is 2.30. The monoisotopic (exact) mass is 242 g/mol. The van der Waals surface area contributed by atoms with E-state index in [1.54, 1.807) is 0 Å². The molecule has 1 fully saturated rings. The zero-order chi connectivity index (χ0) is 12.6. The average molecular weight is 242 g/mol. The van der Waals surface area contributed by atoms with Crippen LogP contribution in [0.1, 0.15) is 24.8 Å². The van der Waals surface area contributed by atoms with Gasteiger partial charge in [0.1, 0.15) is 0 Å². The fourth-order valence-electron chi connectivity index (χ4n) is 1.74. The fraction of sp³-hybridized carbons (Fsp3) is 0.455. The number of hydrogen-bond donors (Lipinski definition) is 1. The van der Waals surface area contributed by atoms with E-state index in [1.165, 1.54) is 0 Å². The van der Waals surface area contributed by atoms with Crippen molar-refractivity contribution in [2.75, 3.05) is 0 Å². The number of rotatable bonds is 4. The second-order valence-electron chi connectivity index (χ2n) is 4.51. The van der Waals surface area contributed by atoms with Crippen molar-refractivity contribution in [1.29, 1.82) is 0 Å². The van der Waals surface area contributed by atoms with Crippen LogP contribution >= 0.6 is 0 Å². The van der Waals surface area contributed by atoms with Crippen LogP contribution in [0.15, 0.2) is 12.1 Å². The number of halogens is 2. The van der Waals surface area contributed by atoms with Gasteiger partial charge in [0.2, 0.25) is 0 Å². The Morgan fingerprint density at radius 3 is 2.47 bits per heavy atom. The maximum Gasteiger partial charge on any atom is 0.275 e. The third kappa shape index (κ3) is 2.58. The first-order chi connectivity index (χ1) is 7.91. The summed E-state index contributed by atoms with van der Waals surface area (Å²) < 4.78 is 25.9. The van der Waals surface area contributed by atoms with Crippen LogP contribution in [0.5, 0.6) is 0 Å². The highest BCUT2D eigenvalue weighted by Gasteiger charge is 2.37. The van der Waals surface area contributed by atoms with Gasteiger partial charge in [-0.05, 0) is 31.7 Å². The van der Waals surface area contributed by atoms with Crippen LogP contribution in [0.3, 0.4) is 0 Å². The van der Waals surface area contributed by atoms with Crippen molar-refractivity contribution in [1.82, 2.24) is 0 Å². The van der Waals surface area contributed by atoms with E-state index in [2.05, 4.69) is 0 Å². The number of nitrogens with zero attached hydrogens (tertiary/aromatic N) is 1. The molecule has 92 valence electrons. The Balaban J connectivity index is 2.24. The SMILES string of the molecule is NC1(CCc2cc(F)c(F)cc2[N+](=O)[O-])CC1. The molecule has 0 amide bonds. The molecule has 1 saturated carbocycles. The molecule has 0 aliphatic heterocycles. The van der Waals surface area contributed by atoms with Gasteiger partial charge < -0.3 is 5.73 Å². The molecular formula is C11H12F2N2O2. The van der Waals surface area contributed by atoms with E-state index in [0.29, 0.717) is 18.9 Å². The Kier molecular flexibility index (Phi) is 2.82. The molecule has 0 heterocycles. The summed E-state index contributed by atoms with van der Waals surface area (Å²) in [5.41, 5.74) is 5.40. The molecule has 0 spiro atoms. The molecule has 0 atom stereocenters. The quantitative estimate of drug-likeness (QED) is 0.650. The molecular weight excluding hydrogens is 230 g/mol. The van der Waals surface area contributed by atoms with Crippen molar-refractivity contribution in [3.05, 3.63) is 39.4 Å². The van der Waals surface area contributed by atoms with Crippen molar-refractivity contribution in [3.8, 4) is 0 Å². The third-order valence-electron chi connectivity index (χ3n) is 3.10. The summed E-state index contributed by atoms with van der Waals surface area (Å²) in [6.07, 6.45) is 2.61. The van der Waals surface area contributed by atoms with Crippen molar-refractivity contribution in [2.45, 2.75) is 31.2 Å². The molecule has 0 unspecified atom stereocenters. The van der Waals surface area contributed by atoms with Crippen LogP contribution in [-0.4, -0.2) is 10.5 Å². The molecule has 2 N–H and O–H groups in total. The van der Waals surface area contributed by atoms with Gasteiger partial charge in [-0.2, -0.15) is 0 Å². The summed E-state index contributed by atoms with van der Waals surface area (Å²) in [5.74, 6) is -2.26. The van der Waals surface area contributed by atoms with Gasteiger partial charge in [0, 0.05) is 11.1 Å².